The maximum absolute atomic E-state index is 12.5. The minimum absolute atomic E-state index is 0.0630. The Balaban J connectivity index is 1.65. The van der Waals surface area contributed by atoms with E-state index >= 15 is 0 Å². The standard InChI is InChI=1S/C21H24N2O4/c1-14(24)23-11-10-19(20(25)13-23)22-21(26)16-8-6-15(7-9-16)17-4-3-5-18(12-17)27-2/h3-9,12,19-20,25H,10-11,13H2,1-2H3,(H,22,26)/t19-,20-/m1/s1. The number of nitrogens with zero attached hydrogens (tertiary/aromatic N) is 1. The fourth-order valence-electron chi connectivity index (χ4n) is 3.25. The Bertz CT molecular complexity index is 819. The molecule has 27 heavy (non-hydrogen) atoms. The number of benzene rings is 2. The molecule has 6 heteroatoms. The second-order valence-corrected chi connectivity index (χ2v) is 6.71. The van der Waals surface area contributed by atoms with Gasteiger partial charge in [0.15, 0.2) is 0 Å². The number of ether oxygens (including phenoxy) is 1. The van der Waals surface area contributed by atoms with Crippen LogP contribution >= 0.6 is 0 Å². The number of hydrogen-bond donors (Lipinski definition) is 2. The third-order valence-corrected chi connectivity index (χ3v) is 4.89. The summed E-state index contributed by atoms with van der Waals surface area (Å²) in [6, 6.07) is 14.7. The molecule has 0 aliphatic carbocycles. The van der Waals surface area contributed by atoms with Crippen LogP contribution in [0.25, 0.3) is 11.1 Å². The van der Waals surface area contributed by atoms with Gasteiger partial charge in [0.2, 0.25) is 5.91 Å². The van der Waals surface area contributed by atoms with Gasteiger partial charge in [-0.05, 0) is 41.8 Å². The van der Waals surface area contributed by atoms with E-state index < -0.39 is 6.10 Å². The molecule has 142 valence electrons. The van der Waals surface area contributed by atoms with E-state index in [9.17, 15) is 14.7 Å². The zero-order valence-electron chi connectivity index (χ0n) is 15.5. The third kappa shape index (κ3) is 4.46. The van der Waals surface area contributed by atoms with Crippen LogP contribution in [0.15, 0.2) is 48.5 Å². The van der Waals surface area contributed by atoms with E-state index in [-0.39, 0.29) is 24.4 Å². The number of aliphatic hydroxyl groups is 1. The van der Waals surface area contributed by atoms with Gasteiger partial charge in [0.05, 0.1) is 19.3 Å². The number of carbonyl (C=O) groups excluding carboxylic acids is 2. The fraction of sp³-hybridized carbons (Fsp3) is 0.333. The van der Waals surface area contributed by atoms with Crippen molar-refractivity contribution in [2.75, 3.05) is 20.2 Å². The molecule has 1 fully saturated rings. The molecule has 1 saturated heterocycles. The lowest BCUT2D eigenvalue weighted by molar-refractivity contribution is -0.132. The number of β-amino-alcohol motifs (C(OH)–C–C–N with tert-alkyl or cyclic N) is 1. The molecule has 2 N–H and O–H groups in total. The zero-order chi connectivity index (χ0) is 19.4. The van der Waals surface area contributed by atoms with Gasteiger partial charge in [-0.3, -0.25) is 9.59 Å². The van der Waals surface area contributed by atoms with Gasteiger partial charge in [0.1, 0.15) is 5.75 Å². The van der Waals surface area contributed by atoms with E-state index in [0.29, 0.717) is 18.5 Å². The zero-order valence-corrected chi connectivity index (χ0v) is 15.5. The van der Waals surface area contributed by atoms with Gasteiger partial charge in [-0.2, -0.15) is 0 Å². The molecule has 3 rings (SSSR count). The first-order valence-corrected chi connectivity index (χ1v) is 8.97. The molecule has 0 radical (unpaired) electrons. The maximum Gasteiger partial charge on any atom is 0.251 e. The monoisotopic (exact) mass is 368 g/mol. The Kier molecular flexibility index (Phi) is 5.76. The Labute approximate surface area is 158 Å². The number of rotatable bonds is 4. The molecule has 1 aliphatic heterocycles. The van der Waals surface area contributed by atoms with Crippen LogP contribution in [0, 0.1) is 0 Å². The minimum atomic E-state index is -0.761. The van der Waals surface area contributed by atoms with Crippen LogP contribution in [-0.4, -0.2) is 54.2 Å². The topological polar surface area (TPSA) is 78.9 Å². The largest absolute Gasteiger partial charge is 0.497 e. The quantitative estimate of drug-likeness (QED) is 0.866. The summed E-state index contributed by atoms with van der Waals surface area (Å²) in [7, 11) is 1.63. The molecule has 1 heterocycles. The van der Waals surface area contributed by atoms with Gasteiger partial charge < -0.3 is 20.1 Å². The highest BCUT2D eigenvalue weighted by Gasteiger charge is 2.30. The highest BCUT2D eigenvalue weighted by molar-refractivity contribution is 5.95. The molecule has 0 unspecified atom stereocenters. The van der Waals surface area contributed by atoms with Crippen molar-refractivity contribution >= 4 is 11.8 Å². The van der Waals surface area contributed by atoms with Crippen molar-refractivity contribution < 1.29 is 19.4 Å². The Morgan fingerprint density at radius 3 is 2.52 bits per heavy atom. The van der Waals surface area contributed by atoms with Crippen LogP contribution in [0.5, 0.6) is 5.75 Å². The van der Waals surface area contributed by atoms with E-state index in [4.69, 9.17) is 4.74 Å². The average Bonchev–Trinajstić information content (AvgIpc) is 2.69. The maximum atomic E-state index is 12.5. The van der Waals surface area contributed by atoms with Crippen molar-refractivity contribution in [2.24, 2.45) is 0 Å². The van der Waals surface area contributed by atoms with E-state index in [1.54, 1.807) is 24.1 Å². The molecule has 1 aliphatic rings. The molecule has 2 atom stereocenters. The lowest BCUT2D eigenvalue weighted by Crippen LogP contribution is -2.55. The van der Waals surface area contributed by atoms with E-state index in [1.807, 2.05) is 36.4 Å². The summed E-state index contributed by atoms with van der Waals surface area (Å²) in [5.74, 6) is 0.486. The van der Waals surface area contributed by atoms with Crippen LogP contribution in [-0.2, 0) is 4.79 Å². The Morgan fingerprint density at radius 1 is 1.15 bits per heavy atom. The first-order valence-electron chi connectivity index (χ1n) is 8.97. The molecule has 0 spiro atoms. The van der Waals surface area contributed by atoms with Crippen molar-refractivity contribution in [2.45, 2.75) is 25.5 Å². The van der Waals surface area contributed by atoms with E-state index in [2.05, 4.69) is 5.32 Å². The number of methoxy groups -OCH3 is 1. The molecule has 0 aromatic heterocycles. The van der Waals surface area contributed by atoms with Gasteiger partial charge in [-0.25, -0.2) is 0 Å². The minimum Gasteiger partial charge on any atom is -0.497 e. The number of likely N-dealkylation sites (tertiary alicyclic amines) is 1. The Hall–Kier alpha value is -2.86. The molecular weight excluding hydrogens is 344 g/mol. The number of aliphatic hydroxyl groups excluding tert-OH is 1. The van der Waals surface area contributed by atoms with E-state index in [0.717, 1.165) is 16.9 Å². The average molecular weight is 368 g/mol. The predicted molar refractivity (Wildman–Crippen MR) is 103 cm³/mol. The molecule has 2 aromatic rings. The summed E-state index contributed by atoms with van der Waals surface area (Å²) in [6.07, 6.45) is -0.225. The van der Waals surface area contributed by atoms with Crippen molar-refractivity contribution in [1.29, 1.82) is 0 Å². The second-order valence-electron chi connectivity index (χ2n) is 6.71. The number of amides is 2. The summed E-state index contributed by atoms with van der Waals surface area (Å²) in [4.78, 5) is 25.5. The molecule has 6 nitrogen and oxygen atoms in total. The molecule has 0 bridgehead atoms. The van der Waals surface area contributed by atoms with E-state index in [1.165, 1.54) is 6.92 Å². The lowest BCUT2D eigenvalue weighted by atomic mass is 10.0. The molecular formula is C21H24N2O4. The fourth-order valence-corrected chi connectivity index (χ4v) is 3.25. The molecule has 2 aromatic carbocycles. The molecule has 0 saturated carbocycles. The van der Waals surface area contributed by atoms with Gasteiger partial charge in [-0.1, -0.05) is 24.3 Å². The Morgan fingerprint density at radius 2 is 1.89 bits per heavy atom. The van der Waals surface area contributed by atoms with Gasteiger partial charge in [0, 0.05) is 25.6 Å². The van der Waals surface area contributed by atoms with Gasteiger partial charge >= 0.3 is 0 Å². The van der Waals surface area contributed by atoms with Crippen LogP contribution in [0.3, 0.4) is 0 Å². The summed E-state index contributed by atoms with van der Waals surface area (Å²) in [5, 5.41) is 13.1. The number of carbonyl (C=O) groups is 2. The van der Waals surface area contributed by atoms with Crippen molar-refractivity contribution in [1.82, 2.24) is 10.2 Å². The van der Waals surface area contributed by atoms with Gasteiger partial charge in [0.25, 0.3) is 5.91 Å². The summed E-state index contributed by atoms with van der Waals surface area (Å²) in [5.41, 5.74) is 2.52. The van der Waals surface area contributed by atoms with Gasteiger partial charge in [-0.15, -0.1) is 0 Å². The summed E-state index contributed by atoms with van der Waals surface area (Å²) >= 11 is 0. The normalized spacial score (nSPS) is 19.4. The van der Waals surface area contributed by atoms with Crippen LogP contribution in [0.1, 0.15) is 23.7 Å². The first kappa shape index (κ1) is 18.9. The highest BCUT2D eigenvalue weighted by atomic mass is 16.5. The molecule has 2 amide bonds. The van der Waals surface area contributed by atoms with Crippen molar-refractivity contribution in [3.05, 3.63) is 54.1 Å². The van der Waals surface area contributed by atoms with Crippen molar-refractivity contribution in [3.8, 4) is 16.9 Å². The number of hydrogen-bond acceptors (Lipinski definition) is 4. The third-order valence-electron chi connectivity index (χ3n) is 4.89. The number of nitrogens with one attached hydrogen (secondary N) is 1. The van der Waals surface area contributed by atoms with Crippen molar-refractivity contribution in [3.63, 3.8) is 0 Å². The smallest absolute Gasteiger partial charge is 0.251 e. The SMILES string of the molecule is COc1cccc(-c2ccc(C(=O)N[C@@H]3CCN(C(C)=O)C[C@H]3O)cc2)c1. The number of piperidine rings is 1. The second kappa shape index (κ2) is 8.22. The predicted octanol–water partition coefficient (Wildman–Crippen LogP) is 2.07. The van der Waals surface area contributed by atoms with Crippen LogP contribution < -0.4 is 10.1 Å². The summed E-state index contributed by atoms with van der Waals surface area (Å²) < 4.78 is 5.24. The van der Waals surface area contributed by atoms with Crippen LogP contribution in [0.4, 0.5) is 0 Å². The first-order chi connectivity index (χ1) is 13.0. The highest BCUT2D eigenvalue weighted by Crippen LogP contribution is 2.24. The lowest BCUT2D eigenvalue weighted by Gasteiger charge is -2.35. The summed E-state index contributed by atoms with van der Waals surface area (Å²) in [6.45, 7) is 2.26. The van der Waals surface area contributed by atoms with Crippen LogP contribution in [0.2, 0.25) is 0 Å².